The summed E-state index contributed by atoms with van der Waals surface area (Å²) in [5, 5.41) is 25.9. The molecule has 0 saturated heterocycles. The molecule has 1 aromatic carbocycles. The third-order valence-electron chi connectivity index (χ3n) is 5.17. The molecule has 0 saturated carbocycles. The molecular formula is C22H31N3O6S. The van der Waals surface area contributed by atoms with Crippen LogP contribution in [0, 0.1) is 5.92 Å². The number of nitrogens with two attached hydrogens (primary N) is 1. The van der Waals surface area contributed by atoms with Gasteiger partial charge in [0.2, 0.25) is 11.8 Å². The zero-order chi connectivity index (χ0) is 24.0. The number of ether oxygens (including phenoxy) is 1. The number of rotatable bonds is 9. The average molecular weight is 466 g/mol. The van der Waals surface area contributed by atoms with Crippen molar-refractivity contribution in [3.8, 4) is 5.75 Å². The summed E-state index contributed by atoms with van der Waals surface area (Å²) in [5.74, 6) is -1.28. The van der Waals surface area contributed by atoms with E-state index in [1.165, 1.54) is 24.9 Å². The van der Waals surface area contributed by atoms with Crippen LogP contribution in [-0.2, 0) is 9.59 Å². The third kappa shape index (κ3) is 6.47. The minimum atomic E-state index is -1.31. The summed E-state index contributed by atoms with van der Waals surface area (Å²) in [6.07, 6.45) is 0.943. The van der Waals surface area contributed by atoms with E-state index in [2.05, 4.69) is 10.6 Å². The highest BCUT2D eigenvalue weighted by Gasteiger charge is 2.35. The number of primary amides is 1. The fourth-order valence-electron chi connectivity index (χ4n) is 3.45. The van der Waals surface area contributed by atoms with Crippen molar-refractivity contribution in [2.45, 2.75) is 55.9 Å². The number of nitrogens with one attached hydrogen (secondary N) is 2. The molecule has 6 N–H and O–H groups in total. The Bertz CT molecular complexity index is 888. The van der Waals surface area contributed by atoms with Gasteiger partial charge in [0.1, 0.15) is 17.9 Å². The molecule has 0 heterocycles. The summed E-state index contributed by atoms with van der Waals surface area (Å²) < 4.78 is 5.29. The molecule has 10 heteroatoms. The summed E-state index contributed by atoms with van der Waals surface area (Å²) >= 11 is 1.50. The van der Waals surface area contributed by atoms with Gasteiger partial charge in [-0.3, -0.25) is 14.4 Å². The lowest BCUT2D eigenvalue weighted by Gasteiger charge is -2.31. The SMILES string of the molecule is COc1cc(SC)ccc1C(=O)NC1C=C(C(=O)NC(CC(C)C)C(N)=O)CC(O)C1O. The monoisotopic (exact) mass is 465 g/mol. The Labute approximate surface area is 191 Å². The molecular weight excluding hydrogens is 434 g/mol. The highest BCUT2D eigenvalue weighted by atomic mass is 32.2. The number of methoxy groups -OCH3 is 1. The zero-order valence-electron chi connectivity index (χ0n) is 18.6. The maximum atomic E-state index is 12.8. The van der Waals surface area contributed by atoms with Crippen LogP contribution in [0.15, 0.2) is 34.7 Å². The van der Waals surface area contributed by atoms with Crippen LogP contribution in [-0.4, -0.2) is 65.6 Å². The maximum Gasteiger partial charge on any atom is 0.255 e. The standard InChI is InChI=1S/C22H31N3O6S/c1-11(2)7-16(20(23)28)25-21(29)12-8-15(19(27)17(26)9-12)24-22(30)14-6-5-13(32-4)10-18(14)31-3/h5-6,8,10-11,15-17,19,26-27H,7,9H2,1-4H3,(H2,23,28)(H,24,30)(H,25,29). The van der Waals surface area contributed by atoms with Crippen LogP contribution in [0.5, 0.6) is 5.75 Å². The second-order valence-corrected chi connectivity index (χ2v) is 8.96. The molecule has 0 radical (unpaired) electrons. The first-order valence-electron chi connectivity index (χ1n) is 10.3. The van der Waals surface area contributed by atoms with E-state index in [4.69, 9.17) is 10.5 Å². The van der Waals surface area contributed by atoms with E-state index in [0.29, 0.717) is 12.2 Å². The number of aliphatic hydroxyl groups excluding tert-OH is 2. The van der Waals surface area contributed by atoms with Gasteiger partial charge in [-0.25, -0.2) is 0 Å². The van der Waals surface area contributed by atoms with E-state index in [-0.39, 0.29) is 23.5 Å². The minimum Gasteiger partial charge on any atom is -0.496 e. The van der Waals surface area contributed by atoms with Gasteiger partial charge in [-0.15, -0.1) is 11.8 Å². The van der Waals surface area contributed by atoms with Crippen molar-refractivity contribution in [3.05, 3.63) is 35.4 Å². The first-order valence-corrected chi connectivity index (χ1v) is 11.5. The maximum absolute atomic E-state index is 12.8. The van der Waals surface area contributed by atoms with Crippen LogP contribution >= 0.6 is 11.8 Å². The van der Waals surface area contributed by atoms with E-state index in [9.17, 15) is 24.6 Å². The van der Waals surface area contributed by atoms with Crippen molar-refractivity contribution >= 4 is 29.5 Å². The van der Waals surface area contributed by atoms with Crippen molar-refractivity contribution in [3.63, 3.8) is 0 Å². The third-order valence-corrected chi connectivity index (χ3v) is 5.90. The number of hydrogen-bond acceptors (Lipinski definition) is 7. The van der Waals surface area contributed by atoms with Gasteiger partial charge >= 0.3 is 0 Å². The number of hydrogen-bond donors (Lipinski definition) is 5. The topological polar surface area (TPSA) is 151 Å². The van der Waals surface area contributed by atoms with Gasteiger partial charge in [0, 0.05) is 16.9 Å². The van der Waals surface area contributed by atoms with E-state index < -0.39 is 42.0 Å². The van der Waals surface area contributed by atoms with Crippen molar-refractivity contribution in [1.82, 2.24) is 10.6 Å². The van der Waals surface area contributed by atoms with Gasteiger partial charge in [0.05, 0.1) is 24.8 Å². The van der Waals surface area contributed by atoms with Crippen molar-refractivity contribution < 1.29 is 29.3 Å². The molecule has 0 bridgehead atoms. The van der Waals surface area contributed by atoms with Crippen molar-refractivity contribution in [2.75, 3.05) is 13.4 Å². The molecule has 4 atom stereocenters. The molecule has 1 aliphatic rings. The fourth-order valence-corrected chi connectivity index (χ4v) is 3.88. The summed E-state index contributed by atoms with van der Waals surface area (Å²) in [7, 11) is 1.45. The largest absolute Gasteiger partial charge is 0.496 e. The van der Waals surface area contributed by atoms with Gasteiger partial charge in [0.25, 0.3) is 5.91 Å². The van der Waals surface area contributed by atoms with E-state index >= 15 is 0 Å². The first-order chi connectivity index (χ1) is 15.1. The smallest absolute Gasteiger partial charge is 0.255 e. The van der Waals surface area contributed by atoms with Crippen LogP contribution in [0.4, 0.5) is 0 Å². The Morgan fingerprint density at radius 2 is 1.94 bits per heavy atom. The summed E-state index contributed by atoms with van der Waals surface area (Å²) in [6, 6.07) is 3.21. The number of thioether (sulfide) groups is 1. The molecule has 0 spiro atoms. The molecule has 2 rings (SSSR count). The van der Waals surface area contributed by atoms with Gasteiger partial charge in [0.15, 0.2) is 0 Å². The molecule has 0 fully saturated rings. The number of carbonyl (C=O) groups is 3. The molecule has 0 aliphatic heterocycles. The summed E-state index contributed by atoms with van der Waals surface area (Å²) in [4.78, 5) is 38.1. The lowest BCUT2D eigenvalue weighted by molar-refractivity contribution is -0.126. The fraction of sp³-hybridized carbons (Fsp3) is 0.500. The second-order valence-electron chi connectivity index (χ2n) is 8.08. The minimum absolute atomic E-state index is 0.125. The predicted octanol–water partition coefficient (Wildman–Crippen LogP) is 0.584. The number of amides is 3. The van der Waals surface area contributed by atoms with Gasteiger partial charge in [-0.1, -0.05) is 19.9 Å². The Morgan fingerprint density at radius 3 is 2.50 bits per heavy atom. The Hall–Kier alpha value is -2.56. The van der Waals surface area contributed by atoms with Crippen LogP contribution in [0.25, 0.3) is 0 Å². The van der Waals surface area contributed by atoms with Crippen LogP contribution in [0.3, 0.4) is 0 Å². The first kappa shape index (κ1) is 25.7. The van der Waals surface area contributed by atoms with Gasteiger partial charge in [-0.05, 0) is 36.8 Å². The van der Waals surface area contributed by atoms with Crippen molar-refractivity contribution in [1.29, 1.82) is 0 Å². The second kappa shape index (κ2) is 11.3. The van der Waals surface area contributed by atoms with Gasteiger partial charge < -0.3 is 31.3 Å². The molecule has 4 unspecified atom stereocenters. The highest BCUT2D eigenvalue weighted by Crippen LogP contribution is 2.26. The number of carbonyl (C=O) groups excluding carboxylic acids is 3. The van der Waals surface area contributed by atoms with Crippen molar-refractivity contribution in [2.24, 2.45) is 11.7 Å². The highest BCUT2D eigenvalue weighted by molar-refractivity contribution is 7.98. The van der Waals surface area contributed by atoms with Gasteiger partial charge in [-0.2, -0.15) is 0 Å². The number of benzene rings is 1. The van der Waals surface area contributed by atoms with Crippen LogP contribution in [0.2, 0.25) is 0 Å². The number of aliphatic hydroxyl groups is 2. The lowest BCUT2D eigenvalue weighted by atomic mass is 9.89. The van der Waals surface area contributed by atoms with Crippen LogP contribution in [0.1, 0.15) is 37.0 Å². The molecule has 0 aromatic heterocycles. The summed E-state index contributed by atoms with van der Waals surface area (Å²) in [6.45, 7) is 3.79. The Morgan fingerprint density at radius 1 is 1.25 bits per heavy atom. The predicted molar refractivity (Wildman–Crippen MR) is 121 cm³/mol. The average Bonchev–Trinajstić information content (AvgIpc) is 2.75. The molecule has 1 aromatic rings. The molecule has 176 valence electrons. The van der Waals surface area contributed by atoms with Crippen LogP contribution < -0.4 is 21.1 Å². The molecule has 32 heavy (non-hydrogen) atoms. The molecule has 9 nitrogen and oxygen atoms in total. The molecule has 3 amide bonds. The Balaban J connectivity index is 2.22. The normalized spacial score (nSPS) is 21.5. The van der Waals surface area contributed by atoms with E-state index in [1.54, 1.807) is 18.2 Å². The van der Waals surface area contributed by atoms with E-state index in [1.807, 2.05) is 20.1 Å². The lowest BCUT2D eigenvalue weighted by Crippen LogP contribution is -2.52. The van der Waals surface area contributed by atoms with E-state index in [0.717, 1.165) is 4.90 Å². The summed E-state index contributed by atoms with van der Waals surface area (Å²) in [5.41, 5.74) is 5.78. The zero-order valence-corrected chi connectivity index (χ0v) is 19.4. The quantitative estimate of drug-likeness (QED) is 0.335. The Kier molecular flexibility index (Phi) is 9.11. The molecule has 1 aliphatic carbocycles.